The van der Waals surface area contributed by atoms with Crippen LogP contribution in [0.4, 0.5) is 4.39 Å². The summed E-state index contributed by atoms with van der Waals surface area (Å²) in [5.41, 5.74) is 3.79. The van der Waals surface area contributed by atoms with Crippen molar-refractivity contribution in [3.8, 4) is 5.69 Å². The zero-order valence-electron chi connectivity index (χ0n) is 18.0. The highest BCUT2D eigenvalue weighted by atomic mass is 19.1. The van der Waals surface area contributed by atoms with Crippen LogP contribution in [0.1, 0.15) is 35.4 Å². The number of rotatable bonds is 7. The molecule has 0 bridgehead atoms. The molecule has 0 aliphatic heterocycles. The largest absolute Gasteiger partial charge is 0.352 e. The third-order valence-corrected chi connectivity index (χ3v) is 5.23. The molecule has 0 atom stereocenters. The number of amides is 1. The highest BCUT2D eigenvalue weighted by Crippen LogP contribution is 2.13. The van der Waals surface area contributed by atoms with E-state index in [0.29, 0.717) is 31.6 Å². The van der Waals surface area contributed by atoms with Crippen molar-refractivity contribution >= 4 is 11.6 Å². The van der Waals surface area contributed by atoms with Crippen molar-refractivity contribution in [1.29, 1.82) is 0 Å². The molecule has 0 radical (unpaired) electrons. The monoisotopic (exact) mass is 433 g/mol. The van der Waals surface area contributed by atoms with Gasteiger partial charge in [0.25, 0.3) is 0 Å². The van der Waals surface area contributed by atoms with Crippen LogP contribution in [0.15, 0.2) is 59.7 Å². The summed E-state index contributed by atoms with van der Waals surface area (Å²) < 4.78 is 16.2. The molecule has 7 nitrogen and oxygen atoms in total. The zero-order chi connectivity index (χ0) is 22.7. The summed E-state index contributed by atoms with van der Waals surface area (Å²) in [6, 6.07) is 12.0. The fraction of sp³-hybridized carbons (Fsp3) is 0.250. The Morgan fingerprint density at radius 1 is 1.03 bits per heavy atom. The summed E-state index contributed by atoms with van der Waals surface area (Å²) >= 11 is 0. The topological polar surface area (TPSA) is 81.3 Å². The van der Waals surface area contributed by atoms with Gasteiger partial charge in [-0.3, -0.25) is 18.6 Å². The van der Waals surface area contributed by atoms with E-state index in [4.69, 9.17) is 0 Å². The van der Waals surface area contributed by atoms with Crippen molar-refractivity contribution in [3.05, 3.63) is 93.5 Å². The summed E-state index contributed by atoms with van der Waals surface area (Å²) in [5, 5.41) is 11.1. The molecule has 4 rings (SSSR count). The minimum absolute atomic E-state index is 0.0969. The average Bonchev–Trinajstić information content (AvgIpc) is 3.17. The van der Waals surface area contributed by atoms with Gasteiger partial charge in [-0.25, -0.2) is 4.39 Å². The Labute approximate surface area is 184 Å². The van der Waals surface area contributed by atoms with Crippen molar-refractivity contribution < 1.29 is 9.18 Å². The molecule has 0 fully saturated rings. The number of halogens is 1. The number of hydrogen-bond acceptors (Lipinski definition) is 4. The van der Waals surface area contributed by atoms with Gasteiger partial charge in [-0.15, -0.1) is 10.2 Å². The number of nitrogens with zero attached hydrogens (tertiary/aromatic N) is 4. The van der Waals surface area contributed by atoms with Crippen LogP contribution in [0.25, 0.3) is 11.3 Å². The number of nitrogens with one attached hydrogen (secondary N) is 1. The maximum atomic E-state index is 12.9. The smallest absolute Gasteiger partial charge is 0.300 e. The Bertz CT molecular complexity index is 1300. The van der Waals surface area contributed by atoms with Gasteiger partial charge in [0.15, 0.2) is 0 Å². The predicted molar refractivity (Wildman–Crippen MR) is 119 cm³/mol. The van der Waals surface area contributed by atoms with E-state index < -0.39 is 0 Å². The van der Waals surface area contributed by atoms with E-state index in [-0.39, 0.29) is 22.9 Å². The maximum absolute atomic E-state index is 12.9. The number of aromatic nitrogens is 4. The van der Waals surface area contributed by atoms with Crippen molar-refractivity contribution in [2.24, 2.45) is 0 Å². The van der Waals surface area contributed by atoms with Crippen molar-refractivity contribution in [2.75, 3.05) is 0 Å². The van der Waals surface area contributed by atoms with E-state index in [1.165, 1.54) is 12.1 Å². The van der Waals surface area contributed by atoms with Gasteiger partial charge in [-0.1, -0.05) is 18.2 Å². The van der Waals surface area contributed by atoms with Crippen LogP contribution < -0.4 is 10.9 Å². The number of aryl methyl sites for hydroxylation is 3. The lowest BCUT2D eigenvalue weighted by atomic mass is 10.1. The summed E-state index contributed by atoms with van der Waals surface area (Å²) in [6.07, 6.45) is 4.88. The summed E-state index contributed by atoms with van der Waals surface area (Å²) in [7, 11) is 0. The fourth-order valence-electron chi connectivity index (χ4n) is 3.70. The SMILES string of the molecule is Cc1cc(C)cc(-n2ccn3c(CCCC(=O)NCc4ccc(F)cc4)nnc3c2=O)c1. The van der Waals surface area contributed by atoms with Crippen molar-refractivity contribution in [1.82, 2.24) is 24.5 Å². The highest BCUT2D eigenvalue weighted by molar-refractivity contribution is 5.75. The van der Waals surface area contributed by atoms with Gasteiger partial charge in [-0.05, 0) is 61.2 Å². The number of benzene rings is 2. The number of carbonyl (C=O) groups is 1. The van der Waals surface area contributed by atoms with Crippen molar-refractivity contribution in [3.63, 3.8) is 0 Å². The Morgan fingerprint density at radius 2 is 1.75 bits per heavy atom. The first-order valence-corrected chi connectivity index (χ1v) is 10.5. The number of carbonyl (C=O) groups excluding carboxylic acids is 1. The van der Waals surface area contributed by atoms with Gasteiger partial charge in [0.1, 0.15) is 11.6 Å². The molecule has 0 saturated carbocycles. The first-order valence-electron chi connectivity index (χ1n) is 10.5. The Morgan fingerprint density at radius 3 is 2.47 bits per heavy atom. The molecule has 164 valence electrons. The van der Waals surface area contributed by atoms with E-state index in [0.717, 1.165) is 22.4 Å². The number of hydrogen-bond donors (Lipinski definition) is 1. The van der Waals surface area contributed by atoms with Crippen LogP contribution in [0.3, 0.4) is 0 Å². The quantitative estimate of drug-likeness (QED) is 0.485. The van der Waals surface area contributed by atoms with Gasteiger partial charge in [-0.2, -0.15) is 0 Å². The first kappa shape index (κ1) is 21.4. The van der Waals surface area contributed by atoms with Crippen molar-refractivity contribution in [2.45, 2.75) is 39.7 Å². The molecular formula is C24H24FN5O2. The van der Waals surface area contributed by atoms with Crippen LogP contribution >= 0.6 is 0 Å². The molecule has 2 aromatic heterocycles. The number of fused-ring (bicyclic) bond motifs is 1. The predicted octanol–water partition coefficient (Wildman–Crippen LogP) is 3.28. The first-order chi connectivity index (χ1) is 15.4. The molecule has 0 spiro atoms. The lowest BCUT2D eigenvalue weighted by molar-refractivity contribution is -0.121. The molecule has 0 aliphatic rings. The molecule has 1 N–H and O–H groups in total. The van der Waals surface area contributed by atoms with Gasteiger partial charge < -0.3 is 5.32 Å². The zero-order valence-corrected chi connectivity index (χ0v) is 18.0. The second-order valence-electron chi connectivity index (χ2n) is 7.89. The van der Waals surface area contributed by atoms with E-state index in [2.05, 4.69) is 21.6 Å². The van der Waals surface area contributed by atoms with Crippen LogP contribution in [0.5, 0.6) is 0 Å². The molecular weight excluding hydrogens is 409 g/mol. The molecule has 0 unspecified atom stereocenters. The summed E-state index contributed by atoms with van der Waals surface area (Å²) in [4.78, 5) is 25.0. The minimum atomic E-state index is -0.304. The molecule has 8 heteroatoms. The van der Waals surface area contributed by atoms with E-state index in [1.807, 2.05) is 26.0 Å². The lowest BCUT2D eigenvalue weighted by Crippen LogP contribution is -2.22. The van der Waals surface area contributed by atoms with Crippen LogP contribution in [0, 0.1) is 19.7 Å². The van der Waals surface area contributed by atoms with Gasteiger partial charge in [0.2, 0.25) is 11.6 Å². The molecule has 1 amide bonds. The van der Waals surface area contributed by atoms with Crippen LogP contribution in [-0.4, -0.2) is 25.1 Å². The van der Waals surface area contributed by atoms with E-state index in [1.54, 1.807) is 33.5 Å². The summed E-state index contributed by atoms with van der Waals surface area (Å²) in [6.45, 7) is 4.33. The highest BCUT2D eigenvalue weighted by Gasteiger charge is 2.12. The Kier molecular flexibility index (Phi) is 6.11. The standard InChI is InChI=1S/C24H24FN5O2/c1-16-12-17(2)14-20(13-16)29-10-11-30-21(27-28-23(30)24(29)32)4-3-5-22(31)26-15-18-6-8-19(25)9-7-18/h6-14H,3-5,15H2,1-2H3,(H,26,31). The van der Waals surface area contributed by atoms with Gasteiger partial charge in [0.05, 0.1) is 0 Å². The maximum Gasteiger partial charge on any atom is 0.300 e. The van der Waals surface area contributed by atoms with Crippen LogP contribution in [-0.2, 0) is 17.8 Å². The molecule has 2 aromatic carbocycles. The van der Waals surface area contributed by atoms with Gasteiger partial charge in [0, 0.05) is 37.5 Å². The second-order valence-corrected chi connectivity index (χ2v) is 7.89. The molecule has 0 saturated heterocycles. The Hall–Kier alpha value is -3.81. The van der Waals surface area contributed by atoms with Gasteiger partial charge >= 0.3 is 5.56 Å². The molecule has 0 aliphatic carbocycles. The minimum Gasteiger partial charge on any atom is -0.352 e. The lowest BCUT2D eigenvalue weighted by Gasteiger charge is -2.09. The average molecular weight is 433 g/mol. The van der Waals surface area contributed by atoms with Crippen LogP contribution in [0.2, 0.25) is 0 Å². The summed E-state index contributed by atoms with van der Waals surface area (Å²) in [5.74, 6) is 0.234. The normalized spacial score (nSPS) is 11.1. The van der Waals surface area contributed by atoms with E-state index >= 15 is 0 Å². The Balaban J connectivity index is 1.40. The third kappa shape index (κ3) is 4.74. The fourth-order valence-corrected chi connectivity index (χ4v) is 3.70. The third-order valence-electron chi connectivity index (χ3n) is 5.23. The molecule has 32 heavy (non-hydrogen) atoms. The van der Waals surface area contributed by atoms with E-state index in [9.17, 15) is 14.0 Å². The molecule has 4 aromatic rings. The second kappa shape index (κ2) is 9.13. The molecule has 2 heterocycles.